The number of aliphatic hydroxyl groups excluding tert-OH is 1. The number of benzene rings is 2. The zero-order valence-corrected chi connectivity index (χ0v) is 14.5. The minimum Gasteiger partial charge on any atom is -0.384 e. The Balaban J connectivity index is 2.36. The van der Waals surface area contributed by atoms with Gasteiger partial charge >= 0.3 is 0 Å². The first-order valence-electron chi connectivity index (χ1n) is 6.63. The summed E-state index contributed by atoms with van der Waals surface area (Å²) in [6.07, 6.45) is -1.04. The molecule has 2 aromatic carbocycles. The second kappa shape index (κ2) is 6.07. The summed E-state index contributed by atoms with van der Waals surface area (Å²) < 4.78 is 14.5. The Morgan fingerprint density at radius 1 is 1.14 bits per heavy atom. The fourth-order valence-electron chi connectivity index (χ4n) is 2.09. The zero-order valence-electron chi connectivity index (χ0n) is 12.1. The second-order valence-electron chi connectivity index (χ2n) is 6.06. The maximum atomic E-state index is 14.0. The van der Waals surface area contributed by atoms with E-state index in [0.717, 1.165) is 5.56 Å². The summed E-state index contributed by atoms with van der Waals surface area (Å²) in [6.45, 7) is 6.35. The monoisotopic (exact) mass is 370 g/mol. The first-order valence-corrected chi connectivity index (χ1v) is 7.80. The third kappa shape index (κ3) is 3.65. The van der Waals surface area contributed by atoms with Gasteiger partial charge in [-0.2, -0.15) is 0 Å². The third-order valence-electron chi connectivity index (χ3n) is 3.43. The molecule has 112 valence electrons. The van der Waals surface area contributed by atoms with E-state index in [4.69, 9.17) is 11.6 Å². The van der Waals surface area contributed by atoms with E-state index in [-0.39, 0.29) is 11.0 Å². The van der Waals surface area contributed by atoms with Crippen LogP contribution in [0.25, 0.3) is 0 Å². The van der Waals surface area contributed by atoms with E-state index in [1.807, 2.05) is 24.3 Å². The second-order valence-corrected chi connectivity index (χ2v) is 7.32. The van der Waals surface area contributed by atoms with Crippen molar-refractivity contribution in [2.24, 2.45) is 0 Å². The van der Waals surface area contributed by atoms with Crippen LogP contribution in [0, 0.1) is 5.82 Å². The summed E-state index contributed by atoms with van der Waals surface area (Å²) in [6, 6.07) is 10.3. The Morgan fingerprint density at radius 2 is 1.71 bits per heavy atom. The standard InChI is InChI=1S/C17H17BrClFO/c1-17(2,3)11-6-4-10(5-7-11)16(21)12-8-14(19)13(18)9-15(12)20/h4-9,16,21H,1-3H3. The zero-order chi connectivity index (χ0) is 15.8. The van der Waals surface area contributed by atoms with E-state index in [1.165, 1.54) is 12.1 Å². The Hall–Kier alpha value is -0.900. The fraction of sp³-hybridized carbons (Fsp3) is 0.294. The van der Waals surface area contributed by atoms with E-state index >= 15 is 0 Å². The van der Waals surface area contributed by atoms with Gasteiger partial charge in [-0.15, -0.1) is 0 Å². The minimum atomic E-state index is -1.04. The largest absolute Gasteiger partial charge is 0.384 e. The van der Waals surface area contributed by atoms with Gasteiger partial charge in [-0.3, -0.25) is 0 Å². The highest BCUT2D eigenvalue weighted by atomic mass is 79.9. The van der Waals surface area contributed by atoms with Crippen molar-refractivity contribution < 1.29 is 9.50 Å². The van der Waals surface area contributed by atoms with Gasteiger partial charge in [-0.05, 0) is 44.6 Å². The van der Waals surface area contributed by atoms with Crippen molar-refractivity contribution in [3.05, 3.63) is 68.4 Å². The lowest BCUT2D eigenvalue weighted by atomic mass is 9.86. The average molecular weight is 372 g/mol. The molecule has 0 heterocycles. The van der Waals surface area contributed by atoms with Crippen molar-refractivity contribution in [3.63, 3.8) is 0 Å². The Labute approximate surface area is 137 Å². The molecule has 0 spiro atoms. The van der Waals surface area contributed by atoms with Crippen molar-refractivity contribution in [1.29, 1.82) is 0 Å². The number of hydrogen-bond acceptors (Lipinski definition) is 1. The van der Waals surface area contributed by atoms with Crippen molar-refractivity contribution >= 4 is 27.5 Å². The summed E-state index contributed by atoms with van der Waals surface area (Å²) in [5.74, 6) is -0.487. The highest BCUT2D eigenvalue weighted by Gasteiger charge is 2.19. The SMILES string of the molecule is CC(C)(C)c1ccc(C(O)c2cc(Cl)c(Br)cc2F)cc1. The van der Waals surface area contributed by atoms with Gasteiger partial charge in [-0.25, -0.2) is 4.39 Å². The average Bonchev–Trinajstić information content (AvgIpc) is 2.41. The normalized spacial score (nSPS) is 13.3. The van der Waals surface area contributed by atoms with Crippen molar-refractivity contribution in [1.82, 2.24) is 0 Å². The van der Waals surface area contributed by atoms with Crippen LogP contribution in [0.2, 0.25) is 5.02 Å². The molecule has 1 nitrogen and oxygen atoms in total. The van der Waals surface area contributed by atoms with E-state index in [9.17, 15) is 9.50 Å². The molecule has 0 aliphatic rings. The molecule has 0 fully saturated rings. The molecule has 1 N–H and O–H groups in total. The lowest BCUT2D eigenvalue weighted by Crippen LogP contribution is -2.11. The highest BCUT2D eigenvalue weighted by molar-refractivity contribution is 9.10. The first-order chi connectivity index (χ1) is 9.70. The third-order valence-corrected chi connectivity index (χ3v) is 4.62. The molecule has 0 amide bonds. The Morgan fingerprint density at radius 3 is 2.24 bits per heavy atom. The van der Waals surface area contributed by atoms with E-state index in [1.54, 1.807) is 0 Å². The van der Waals surface area contributed by atoms with Gasteiger partial charge in [0.25, 0.3) is 0 Å². The summed E-state index contributed by atoms with van der Waals surface area (Å²) in [7, 11) is 0. The molecule has 4 heteroatoms. The highest BCUT2D eigenvalue weighted by Crippen LogP contribution is 2.32. The first kappa shape index (κ1) is 16.5. The smallest absolute Gasteiger partial charge is 0.130 e. The molecule has 0 bridgehead atoms. The predicted octanol–water partition coefficient (Wildman–Crippen LogP) is 5.62. The molecule has 0 aromatic heterocycles. The molecule has 1 atom stereocenters. The van der Waals surface area contributed by atoms with Gasteiger partial charge in [0.2, 0.25) is 0 Å². The van der Waals surface area contributed by atoms with Crippen molar-refractivity contribution in [2.45, 2.75) is 32.3 Å². The molecule has 0 aliphatic heterocycles. The molecule has 21 heavy (non-hydrogen) atoms. The van der Waals surface area contributed by atoms with Gasteiger partial charge in [0.1, 0.15) is 11.9 Å². The van der Waals surface area contributed by atoms with Gasteiger partial charge in [-0.1, -0.05) is 56.6 Å². The van der Waals surface area contributed by atoms with Crippen LogP contribution in [0.3, 0.4) is 0 Å². The molecular weight excluding hydrogens is 355 g/mol. The predicted molar refractivity (Wildman–Crippen MR) is 88.3 cm³/mol. The maximum absolute atomic E-state index is 14.0. The van der Waals surface area contributed by atoms with Crippen LogP contribution in [0.1, 0.15) is 43.6 Å². The quantitative estimate of drug-likeness (QED) is 0.679. The fourth-order valence-corrected chi connectivity index (χ4v) is 2.58. The van der Waals surface area contributed by atoms with E-state index in [2.05, 4.69) is 36.7 Å². The van der Waals surface area contributed by atoms with Crippen LogP contribution in [-0.4, -0.2) is 5.11 Å². The van der Waals surface area contributed by atoms with Crippen LogP contribution >= 0.6 is 27.5 Å². The minimum absolute atomic E-state index is 0.0374. The molecule has 2 aromatic rings. The topological polar surface area (TPSA) is 20.2 Å². The van der Waals surface area contributed by atoms with Gasteiger partial charge in [0.05, 0.1) is 5.02 Å². The van der Waals surface area contributed by atoms with Gasteiger partial charge in [0, 0.05) is 10.0 Å². The summed E-state index contributed by atoms with van der Waals surface area (Å²) in [5, 5.41) is 10.7. The number of hydrogen-bond donors (Lipinski definition) is 1. The van der Waals surface area contributed by atoms with E-state index in [0.29, 0.717) is 15.1 Å². The molecule has 0 saturated heterocycles. The maximum Gasteiger partial charge on any atom is 0.130 e. The van der Waals surface area contributed by atoms with Crippen LogP contribution in [0.4, 0.5) is 4.39 Å². The van der Waals surface area contributed by atoms with Crippen LogP contribution in [0.5, 0.6) is 0 Å². The van der Waals surface area contributed by atoms with Gasteiger partial charge < -0.3 is 5.11 Å². The molecule has 0 saturated carbocycles. The van der Waals surface area contributed by atoms with Crippen molar-refractivity contribution in [2.75, 3.05) is 0 Å². The molecule has 2 rings (SSSR count). The van der Waals surface area contributed by atoms with Gasteiger partial charge in [0.15, 0.2) is 0 Å². The molecular formula is C17H17BrClFO. The van der Waals surface area contributed by atoms with Crippen LogP contribution in [-0.2, 0) is 5.41 Å². The molecule has 0 radical (unpaired) electrons. The lowest BCUT2D eigenvalue weighted by molar-refractivity contribution is 0.215. The number of halogens is 3. The number of aliphatic hydroxyl groups is 1. The Kier molecular flexibility index (Phi) is 4.76. The lowest BCUT2D eigenvalue weighted by Gasteiger charge is -2.20. The summed E-state index contributed by atoms with van der Waals surface area (Å²) >= 11 is 9.14. The van der Waals surface area contributed by atoms with Crippen LogP contribution in [0.15, 0.2) is 40.9 Å². The van der Waals surface area contributed by atoms with Crippen molar-refractivity contribution in [3.8, 4) is 0 Å². The number of rotatable bonds is 2. The van der Waals surface area contributed by atoms with E-state index < -0.39 is 11.9 Å². The summed E-state index contributed by atoms with van der Waals surface area (Å²) in [4.78, 5) is 0. The van der Waals surface area contributed by atoms with Crippen LogP contribution < -0.4 is 0 Å². The molecule has 1 unspecified atom stereocenters. The summed E-state index contributed by atoms with van der Waals surface area (Å²) in [5.41, 5.74) is 2.01. The Bertz CT molecular complexity index is 647. The molecule has 0 aliphatic carbocycles.